The first-order valence-corrected chi connectivity index (χ1v) is 6.89. The number of guanidine groups is 1. The van der Waals surface area contributed by atoms with E-state index in [9.17, 15) is 4.79 Å². The number of carbonyl (C=O) groups excluding carboxylic acids is 1. The minimum absolute atomic E-state index is 0.0206. The summed E-state index contributed by atoms with van der Waals surface area (Å²) in [7, 11) is 1.64. The van der Waals surface area contributed by atoms with Crippen molar-refractivity contribution in [2.24, 2.45) is 4.99 Å². The minimum Gasteiger partial charge on any atom is -0.497 e. The van der Waals surface area contributed by atoms with Crippen LogP contribution in [0.2, 0.25) is 0 Å². The van der Waals surface area contributed by atoms with Crippen LogP contribution < -0.4 is 15.4 Å². The van der Waals surface area contributed by atoms with Gasteiger partial charge in [0.15, 0.2) is 5.96 Å². The van der Waals surface area contributed by atoms with E-state index in [0.717, 1.165) is 24.2 Å². The summed E-state index contributed by atoms with van der Waals surface area (Å²) in [4.78, 5) is 16.6. The number of benzene rings is 1. The first-order valence-electron chi connectivity index (χ1n) is 6.89. The molecule has 1 aliphatic heterocycles. The lowest BCUT2D eigenvalue weighted by Gasteiger charge is -2.21. The molecule has 1 amide bonds. The molecule has 3 rings (SSSR count). The van der Waals surface area contributed by atoms with Crippen LogP contribution in [0.1, 0.15) is 25.3 Å². The Hall–Kier alpha value is -2.04. The predicted octanol–water partition coefficient (Wildman–Crippen LogP) is 1.23. The molecule has 1 heterocycles. The smallest absolute Gasteiger partial charge is 0.252 e. The van der Waals surface area contributed by atoms with Crippen molar-refractivity contribution >= 4 is 11.9 Å². The highest BCUT2D eigenvalue weighted by molar-refractivity contribution is 6.09. The lowest BCUT2D eigenvalue weighted by Crippen LogP contribution is -2.45. The average Bonchev–Trinajstić information content (AvgIpc) is 3.18. The third-order valence-electron chi connectivity index (χ3n) is 3.70. The number of ether oxygens (including phenoxy) is 1. The molecule has 0 spiro atoms. The summed E-state index contributed by atoms with van der Waals surface area (Å²) in [6.07, 6.45) is 2.86. The van der Waals surface area contributed by atoms with Gasteiger partial charge in [-0.1, -0.05) is 12.1 Å². The van der Waals surface area contributed by atoms with Crippen molar-refractivity contribution in [3.8, 4) is 5.75 Å². The molecule has 1 aromatic rings. The molecule has 1 saturated heterocycles. The number of nitrogens with zero attached hydrogens (tertiary/aromatic N) is 1. The van der Waals surface area contributed by atoms with E-state index < -0.39 is 5.54 Å². The van der Waals surface area contributed by atoms with Gasteiger partial charge in [0, 0.05) is 6.42 Å². The van der Waals surface area contributed by atoms with Gasteiger partial charge in [-0.3, -0.25) is 10.1 Å². The van der Waals surface area contributed by atoms with Gasteiger partial charge in [0.25, 0.3) is 5.91 Å². The second-order valence-corrected chi connectivity index (χ2v) is 5.64. The summed E-state index contributed by atoms with van der Waals surface area (Å²) in [6.45, 7) is 1.90. The normalized spacial score (nSPS) is 27.3. The van der Waals surface area contributed by atoms with Crippen molar-refractivity contribution in [3.05, 3.63) is 29.8 Å². The summed E-state index contributed by atoms with van der Waals surface area (Å²) in [5, 5.41) is 6.06. The Morgan fingerprint density at radius 3 is 2.65 bits per heavy atom. The number of amides is 1. The number of carbonyl (C=O) groups is 1. The second kappa shape index (κ2) is 4.81. The fourth-order valence-electron chi connectivity index (χ4n) is 2.32. The van der Waals surface area contributed by atoms with Crippen LogP contribution in [0.25, 0.3) is 0 Å². The monoisotopic (exact) mass is 273 g/mol. The van der Waals surface area contributed by atoms with E-state index in [1.165, 1.54) is 0 Å². The minimum atomic E-state index is -0.637. The molecule has 1 saturated carbocycles. The Balaban J connectivity index is 1.72. The maximum atomic E-state index is 12.2. The zero-order chi connectivity index (χ0) is 14.2. The summed E-state index contributed by atoms with van der Waals surface area (Å²) in [5.41, 5.74) is 0.450. The van der Waals surface area contributed by atoms with Crippen LogP contribution in [-0.2, 0) is 11.2 Å². The lowest BCUT2D eigenvalue weighted by molar-refractivity contribution is -0.123. The molecule has 1 unspecified atom stereocenters. The topological polar surface area (TPSA) is 62.7 Å². The number of nitrogens with one attached hydrogen (secondary N) is 2. The van der Waals surface area contributed by atoms with E-state index in [-0.39, 0.29) is 5.91 Å². The van der Waals surface area contributed by atoms with Crippen LogP contribution in [0.4, 0.5) is 0 Å². The highest BCUT2D eigenvalue weighted by Crippen LogP contribution is 2.25. The number of methoxy groups -OCH3 is 1. The summed E-state index contributed by atoms with van der Waals surface area (Å²) in [5.74, 6) is 1.42. The Labute approximate surface area is 118 Å². The van der Waals surface area contributed by atoms with Crippen LogP contribution in [-0.4, -0.2) is 30.6 Å². The molecular weight excluding hydrogens is 254 g/mol. The molecule has 2 aliphatic rings. The largest absolute Gasteiger partial charge is 0.497 e. The third-order valence-corrected chi connectivity index (χ3v) is 3.70. The van der Waals surface area contributed by atoms with Crippen molar-refractivity contribution in [2.75, 3.05) is 7.11 Å². The van der Waals surface area contributed by atoms with Crippen molar-refractivity contribution < 1.29 is 9.53 Å². The standard InChI is InChI=1S/C15H19N3O2/c1-15(9-10-3-7-12(20-2)8-4-10)13(19)17-14(18-15)16-11-5-6-11/h3-4,7-8,11H,5-6,9H2,1-2H3,(H2,16,17,18,19). The second-order valence-electron chi connectivity index (χ2n) is 5.64. The molecular formula is C15H19N3O2. The van der Waals surface area contributed by atoms with Gasteiger partial charge < -0.3 is 10.1 Å². The van der Waals surface area contributed by atoms with Gasteiger partial charge in [0.05, 0.1) is 13.2 Å². The van der Waals surface area contributed by atoms with Gasteiger partial charge in [0.2, 0.25) is 0 Å². The summed E-state index contributed by atoms with van der Waals surface area (Å²) < 4.78 is 5.14. The molecule has 2 N–H and O–H groups in total. The fourth-order valence-corrected chi connectivity index (χ4v) is 2.32. The molecule has 0 aromatic heterocycles. The van der Waals surface area contributed by atoms with E-state index in [0.29, 0.717) is 18.4 Å². The van der Waals surface area contributed by atoms with Gasteiger partial charge in [0.1, 0.15) is 11.3 Å². The van der Waals surface area contributed by atoms with Crippen molar-refractivity contribution in [1.82, 2.24) is 10.6 Å². The molecule has 2 fully saturated rings. The van der Waals surface area contributed by atoms with Crippen molar-refractivity contribution in [3.63, 3.8) is 0 Å². The maximum Gasteiger partial charge on any atom is 0.252 e. The van der Waals surface area contributed by atoms with Gasteiger partial charge >= 0.3 is 0 Å². The van der Waals surface area contributed by atoms with Crippen LogP contribution in [0.5, 0.6) is 5.75 Å². The van der Waals surface area contributed by atoms with Crippen molar-refractivity contribution in [2.45, 2.75) is 37.8 Å². The first-order chi connectivity index (χ1) is 9.59. The molecule has 1 aromatic carbocycles. The van der Waals surface area contributed by atoms with Crippen LogP contribution in [0, 0.1) is 0 Å². The Bertz CT molecular complexity index is 549. The molecule has 20 heavy (non-hydrogen) atoms. The number of hydrogen-bond donors (Lipinski definition) is 2. The fraction of sp³-hybridized carbons (Fsp3) is 0.467. The predicted molar refractivity (Wildman–Crippen MR) is 76.8 cm³/mol. The Morgan fingerprint density at radius 1 is 1.35 bits per heavy atom. The van der Waals surface area contributed by atoms with E-state index in [2.05, 4.69) is 15.6 Å². The highest BCUT2D eigenvalue weighted by Gasteiger charge is 2.41. The Kier molecular flexibility index (Phi) is 3.12. The van der Waals surface area contributed by atoms with Crippen LogP contribution in [0.3, 0.4) is 0 Å². The van der Waals surface area contributed by atoms with Crippen molar-refractivity contribution in [1.29, 1.82) is 0 Å². The molecule has 1 aliphatic carbocycles. The zero-order valence-corrected chi connectivity index (χ0v) is 11.8. The van der Waals surface area contributed by atoms with Gasteiger partial charge in [-0.2, -0.15) is 0 Å². The number of aliphatic imine (C=N–C) groups is 1. The van der Waals surface area contributed by atoms with Crippen LogP contribution in [0.15, 0.2) is 29.3 Å². The van der Waals surface area contributed by atoms with Gasteiger partial charge in [-0.05, 0) is 37.5 Å². The lowest BCUT2D eigenvalue weighted by atomic mass is 9.93. The van der Waals surface area contributed by atoms with Crippen LogP contribution >= 0.6 is 0 Å². The summed E-state index contributed by atoms with van der Waals surface area (Å²) in [6, 6.07) is 8.17. The molecule has 5 heteroatoms. The molecule has 0 radical (unpaired) electrons. The van der Waals surface area contributed by atoms with Gasteiger partial charge in [-0.25, -0.2) is 4.99 Å². The highest BCUT2D eigenvalue weighted by atomic mass is 16.5. The SMILES string of the molecule is COc1ccc(CC2(C)NC(=NC3CC3)NC2=O)cc1. The van der Waals surface area contributed by atoms with Gasteiger partial charge in [-0.15, -0.1) is 0 Å². The number of rotatable bonds is 4. The zero-order valence-electron chi connectivity index (χ0n) is 11.8. The van der Waals surface area contributed by atoms with E-state index in [1.807, 2.05) is 31.2 Å². The maximum absolute atomic E-state index is 12.2. The van der Waals surface area contributed by atoms with E-state index in [4.69, 9.17) is 4.74 Å². The molecule has 0 bridgehead atoms. The molecule has 5 nitrogen and oxygen atoms in total. The Morgan fingerprint density at radius 2 is 2.05 bits per heavy atom. The number of hydrogen-bond acceptors (Lipinski definition) is 3. The third kappa shape index (κ3) is 2.61. The molecule has 106 valence electrons. The summed E-state index contributed by atoms with van der Waals surface area (Å²) >= 11 is 0. The van der Waals surface area contributed by atoms with E-state index in [1.54, 1.807) is 7.11 Å². The molecule has 1 atom stereocenters. The average molecular weight is 273 g/mol. The first kappa shape index (κ1) is 13.0. The van der Waals surface area contributed by atoms with E-state index >= 15 is 0 Å². The quantitative estimate of drug-likeness (QED) is 0.867.